The van der Waals surface area contributed by atoms with Crippen LogP contribution in [0.1, 0.15) is 26.3 Å². The van der Waals surface area contributed by atoms with E-state index in [2.05, 4.69) is 10.2 Å². The number of ether oxygens (including phenoxy) is 1. The van der Waals surface area contributed by atoms with Crippen molar-refractivity contribution in [1.29, 1.82) is 0 Å². The van der Waals surface area contributed by atoms with Crippen molar-refractivity contribution in [2.45, 2.75) is 32.8 Å². The van der Waals surface area contributed by atoms with E-state index in [0.717, 1.165) is 31.7 Å². The van der Waals surface area contributed by atoms with E-state index in [9.17, 15) is 9.59 Å². The number of benzene rings is 1. The quantitative estimate of drug-likeness (QED) is 0.878. The Bertz CT molecular complexity index is 630. The van der Waals surface area contributed by atoms with Crippen LogP contribution in [0.3, 0.4) is 0 Å². The molecule has 0 saturated carbocycles. The SMILES string of the molecule is CN(C)C(=O)Nc1ccc(CCN2CCN(C(=O)OC(C)(C)C)CC2)cc1. The molecule has 3 amide bonds. The van der Waals surface area contributed by atoms with Gasteiger partial charge in [-0.15, -0.1) is 0 Å². The molecule has 27 heavy (non-hydrogen) atoms. The van der Waals surface area contributed by atoms with Gasteiger partial charge < -0.3 is 19.9 Å². The van der Waals surface area contributed by atoms with Crippen LogP contribution in [0.5, 0.6) is 0 Å². The predicted octanol–water partition coefficient (Wildman–Crippen LogP) is 2.88. The number of anilines is 1. The van der Waals surface area contributed by atoms with Crippen LogP contribution in [0.4, 0.5) is 15.3 Å². The second kappa shape index (κ2) is 9.08. The van der Waals surface area contributed by atoms with E-state index in [1.807, 2.05) is 45.0 Å². The van der Waals surface area contributed by atoms with Gasteiger partial charge in [-0.1, -0.05) is 12.1 Å². The number of urea groups is 1. The highest BCUT2D eigenvalue weighted by molar-refractivity contribution is 5.88. The highest BCUT2D eigenvalue weighted by Crippen LogP contribution is 2.14. The Kier molecular flexibility index (Phi) is 7.07. The van der Waals surface area contributed by atoms with Crippen LogP contribution in [0, 0.1) is 0 Å². The molecule has 0 atom stereocenters. The van der Waals surface area contributed by atoms with Crippen molar-refractivity contribution < 1.29 is 14.3 Å². The molecule has 1 heterocycles. The van der Waals surface area contributed by atoms with Gasteiger partial charge in [0.2, 0.25) is 0 Å². The monoisotopic (exact) mass is 376 g/mol. The van der Waals surface area contributed by atoms with Crippen molar-refractivity contribution in [2.75, 3.05) is 52.1 Å². The first-order valence-electron chi connectivity index (χ1n) is 9.41. The van der Waals surface area contributed by atoms with Gasteiger partial charge in [-0.25, -0.2) is 9.59 Å². The Morgan fingerprint density at radius 3 is 2.19 bits per heavy atom. The molecule has 0 spiro atoms. The lowest BCUT2D eigenvalue weighted by Crippen LogP contribution is -2.50. The van der Waals surface area contributed by atoms with Crippen molar-refractivity contribution >= 4 is 17.8 Å². The lowest BCUT2D eigenvalue weighted by molar-refractivity contribution is 0.0146. The third kappa shape index (κ3) is 7.09. The average Bonchev–Trinajstić information content (AvgIpc) is 2.60. The fourth-order valence-corrected chi connectivity index (χ4v) is 2.76. The first-order valence-corrected chi connectivity index (χ1v) is 9.41. The minimum atomic E-state index is -0.452. The third-order valence-corrected chi connectivity index (χ3v) is 4.35. The summed E-state index contributed by atoms with van der Waals surface area (Å²) in [6.45, 7) is 9.72. The molecule has 1 aliphatic heterocycles. The van der Waals surface area contributed by atoms with E-state index >= 15 is 0 Å². The number of amides is 3. The van der Waals surface area contributed by atoms with E-state index in [-0.39, 0.29) is 12.1 Å². The molecule has 2 rings (SSSR count). The molecule has 0 radical (unpaired) electrons. The molecule has 1 fully saturated rings. The molecule has 7 nitrogen and oxygen atoms in total. The van der Waals surface area contributed by atoms with Gasteiger partial charge in [0.25, 0.3) is 0 Å². The zero-order valence-electron chi connectivity index (χ0n) is 17.1. The normalized spacial score (nSPS) is 15.4. The van der Waals surface area contributed by atoms with Crippen LogP contribution in [0.15, 0.2) is 24.3 Å². The van der Waals surface area contributed by atoms with Gasteiger partial charge in [0.15, 0.2) is 0 Å². The number of rotatable bonds is 4. The van der Waals surface area contributed by atoms with Gasteiger partial charge in [0.1, 0.15) is 5.60 Å². The van der Waals surface area contributed by atoms with Crippen molar-refractivity contribution in [3.05, 3.63) is 29.8 Å². The van der Waals surface area contributed by atoms with Crippen LogP contribution < -0.4 is 5.32 Å². The molecule has 0 aliphatic carbocycles. The molecule has 1 N–H and O–H groups in total. The number of piperazine rings is 1. The molecular formula is C20H32N4O3. The molecule has 150 valence electrons. The zero-order valence-corrected chi connectivity index (χ0v) is 17.1. The summed E-state index contributed by atoms with van der Waals surface area (Å²) < 4.78 is 5.43. The Labute approximate surface area is 162 Å². The van der Waals surface area contributed by atoms with E-state index < -0.39 is 5.60 Å². The summed E-state index contributed by atoms with van der Waals surface area (Å²) in [4.78, 5) is 29.4. The van der Waals surface area contributed by atoms with Crippen LogP contribution >= 0.6 is 0 Å². The van der Waals surface area contributed by atoms with Gasteiger partial charge in [-0.05, 0) is 44.9 Å². The lowest BCUT2D eigenvalue weighted by atomic mass is 10.1. The fourth-order valence-electron chi connectivity index (χ4n) is 2.76. The third-order valence-electron chi connectivity index (χ3n) is 4.35. The average molecular weight is 377 g/mol. The lowest BCUT2D eigenvalue weighted by Gasteiger charge is -2.35. The van der Waals surface area contributed by atoms with Crippen molar-refractivity contribution in [2.24, 2.45) is 0 Å². The number of nitrogens with zero attached hydrogens (tertiary/aromatic N) is 3. The Morgan fingerprint density at radius 1 is 1.07 bits per heavy atom. The molecule has 0 bridgehead atoms. The summed E-state index contributed by atoms with van der Waals surface area (Å²) in [5.74, 6) is 0. The number of hydrogen-bond acceptors (Lipinski definition) is 4. The summed E-state index contributed by atoms with van der Waals surface area (Å²) in [5, 5.41) is 2.83. The molecule has 1 aliphatic rings. The zero-order chi connectivity index (χ0) is 20.0. The van der Waals surface area contributed by atoms with Crippen LogP contribution in [-0.2, 0) is 11.2 Å². The molecule has 1 aromatic carbocycles. The maximum Gasteiger partial charge on any atom is 0.410 e. The second-order valence-electron chi connectivity index (χ2n) is 8.08. The Morgan fingerprint density at radius 2 is 1.67 bits per heavy atom. The highest BCUT2D eigenvalue weighted by atomic mass is 16.6. The first-order chi connectivity index (χ1) is 12.6. The van der Waals surface area contributed by atoms with E-state index in [4.69, 9.17) is 4.74 Å². The number of hydrogen-bond donors (Lipinski definition) is 1. The minimum Gasteiger partial charge on any atom is -0.444 e. The molecule has 1 saturated heterocycles. The molecule has 0 unspecified atom stereocenters. The first kappa shape index (κ1) is 21.0. The van der Waals surface area contributed by atoms with E-state index in [1.165, 1.54) is 10.5 Å². The summed E-state index contributed by atoms with van der Waals surface area (Å²) in [7, 11) is 3.43. The van der Waals surface area contributed by atoms with Gasteiger partial charge in [-0.3, -0.25) is 4.90 Å². The molecule has 0 aromatic heterocycles. The largest absolute Gasteiger partial charge is 0.444 e. The van der Waals surface area contributed by atoms with Gasteiger partial charge >= 0.3 is 12.1 Å². The Balaban J connectivity index is 1.73. The summed E-state index contributed by atoms with van der Waals surface area (Å²) >= 11 is 0. The topological polar surface area (TPSA) is 65.1 Å². The van der Waals surface area contributed by atoms with Crippen LogP contribution in [-0.4, -0.2) is 79.2 Å². The maximum atomic E-state index is 12.1. The summed E-state index contributed by atoms with van der Waals surface area (Å²) in [5.41, 5.74) is 1.57. The van der Waals surface area contributed by atoms with Crippen LogP contribution in [0.2, 0.25) is 0 Å². The molecule has 7 heteroatoms. The highest BCUT2D eigenvalue weighted by Gasteiger charge is 2.25. The predicted molar refractivity (Wildman–Crippen MR) is 107 cm³/mol. The summed E-state index contributed by atoms with van der Waals surface area (Å²) in [6.07, 6.45) is 0.714. The standard InChI is InChI=1S/C20H32N4O3/c1-20(2,3)27-19(26)24-14-12-23(13-15-24)11-10-16-6-8-17(9-7-16)21-18(25)22(4)5/h6-9H,10-15H2,1-5H3,(H,21,25). The van der Waals surface area contributed by atoms with E-state index in [1.54, 1.807) is 19.0 Å². The van der Waals surface area contributed by atoms with Crippen molar-refractivity contribution in [3.8, 4) is 0 Å². The van der Waals surface area contributed by atoms with Crippen molar-refractivity contribution in [1.82, 2.24) is 14.7 Å². The Hall–Kier alpha value is -2.28. The van der Waals surface area contributed by atoms with Crippen LogP contribution in [0.25, 0.3) is 0 Å². The van der Waals surface area contributed by atoms with Crippen molar-refractivity contribution in [3.63, 3.8) is 0 Å². The number of carbonyl (C=O) groups excluding carboxylic acids is 2. The number of nitrogens with one attached hydrogen (secondary N) is 1. The number of carbonyl (C=O) groups is 2. The minimum absolute atomic E-state index is 0.134. The van der Waals surface area contributed by atoms with Gasteiger partial charge in [0.05, 0.1) is 0 Å². The molecule has 1 aromatic rings. The van der Waals surface area contributed by atoms with E-state index in [0.29, 0.717) is 13.1 Å². The second-order valence-corrected chi connectivity index (χ2v) is 8.08. The molecular weight excluding hydrogens is 344 g/mol. The fraction of sp³-hybridized carbons (Fsp3) is 0.600. The maximum absolute atomic E-state index is 12.1. The summed E-state index contributed by atoms with van der Waals surface area (Å²) in [6, 6.07) is 7.81. The van der Waals surface area contributed by atoms with Gasteiger partial charge in [0, 0.05) is 52.5 Å². The van der Waals surface area contributed by atoms with Gasteiger partial charge in [-0.2, -0.15) is 0 Å². The smallest absolute Gasteiger partial charge is 0.410 e.